The van der Waals surface area contributed by atoms with Crippen molar-refractivity contribution in [2.45, 2.75) is 24.7 Å². The van der Waals surface area contributed by atoms with Crippen molar-refractivity contribution in [3.05, 3.63) is 29.3 Å². The molecule has 1 N–H and O–H groups in total. The minimum absolute atomic E-state index is 0.0314. The van der Waals surface area contributed by atoms with Gasteiger partial charge in [0.15, 0.2) is 0 Å². The van der Waals surface area contributed by atoms with Gasteiger partial charge in [0.1, 0.15) is 0 Å². The van der Waals surface area contributed by atoms with Crippen LogP contribution in [0.1, 0.15) is 29.3 Å². The van der Waals surface area contributed by atoms with Crippen LogP contribution in [0.5, 0.6) is 0 Å². The number of aromatic carboxylic acids is 1. The molecule has 0 aliphatic heterocycles. The Morgan fingerprint density at radius 2 is 2.05 bits per heavy atom. The van der Waals surface area contributed by atoms with E-state index >= 15 is 0 Å². The van der Waals surface area contributed by atoms with E-state index in [0.717, 1.165) is 0 Å². The molecule has 0 bridgehead atoms. The molecule has 0 heterocycles. The molecular weight excluding hydrogens is 294 g/mol. The summed E-state index contributed by atoms with van der Waals surface area (Å²) in [5, 5.41) is 9.03. The molecule has 0 spiro atoms. The first-order valence-electron chi connectivity index (χ1n) is 6.66. The van der Waals surface area contributed by atoms with Gasteiger partial charge in [-0.15, -0.1) is 0 Å². The summed E-state index contributed by atoms with van der Waals surface area (Å²) in [6, 6.07) is 4.20. The minimum Gasteiger partial charge on any atom is -0.478 e. The van der Waals surface area contributed by atoms with Crippen molar-refractivity contribution < 1.29 is 23.1 Å². The third-order valence-electron chi connectivity index (χ3n) is 3.20. The summed E-state index contributed by atoms with van der Waals surface area (Å²) < 4.78 is 31.3. The average Bonchev–Trinajstić information content (AvgIpc) is 2.46. The van der Waals surface area contributed by atoms with Gasteiger partial charge in [0.05, 0.1) is 10.5 Å². The van der Waals surface area contributed by atoms with Gasteiger partial charge >= 0.3 is 5.97 Å². The van der Waals surface area contributed by atoms with Crippen LogP contribution in [0.25, 0.3) is 0 Å². The molecule has 1 rings (SSSR count). The second kappa shape index (κ2) is 7.53. The molecule has 0 amide bonds. The monoisotopic (exact) mass is 315 g/mol. The highest BCUT2D eigenvalue weighted by Gasteiger charge is 2.24. The van der Waals surface area contributed by atoms with E-state index in [1.807, 2.05) is 6.92 Å². The van der Waals surface area contributed by atoms with Gasteiger partial charge in [-0.3, -0.25) is 0 Å². The van der Waals surface area contributed by atoms with E-state index in [9.17, 15) is 13.2 Å². The van der Waals surface area contributed by atoms with Gasteiger partial charge in [-0.1, -0.05) is 13.0 Å². The lowest BCUT2D eigenvalue weighted by molar-refractivity contribution is 0.0696. The number of methoxy groups -OCH3 is 1. The molecule has 1 aromatic rings. The Labute approximate surface area is 125 Å². The number of aryl methyl sites for hydroxylation is 1. The van der Waals surface area contributed by atoms with Gasteiger partial charge in [-0.25, -0.2) is 17.5 Å². The van der Waals surface area contributed by atoms with Crippen LogP contribution in [0.15, 0.2) is 23.1 Å². The number of sulfonamides is 1. The van der Waals surface area contributed by atoms with E-state index in [1.54, 1.807) is 13.2 Å². The Hall–Kier alpha value is -1.44. The number of nitrogens with zero attached hydrogens (tertiary/aromatic N) is 1. The molecule has 0 saturated carbocycles. The molecule has 0 radical (unpaired) electrons. The summed E-state index contributed by atoms with van der Waals surface area (Å²) in [5.41, 5.74) is 0.578. The zero-order valence-corrected chi connectivity index (χ0v) is 13.3. The Bertz CT molecular complexity index is 597. The van der Waals surface area contributed by atoms with Crippen LogP contribution in [-0.4, -0.2) is 51.1 Å². The third-order valence-corrected chi connectivity index (χ3v) is 5.14. The van der Waals surface area contributed by atoms with E-state index in [2.05, 4.69) is 0 Å². The Kier molecular flexibility index (Phi) is 6.32. The molecule has 118 valence electrons. The van der Waals surface area contributed by atoms with Gasteiger partial charge in [0, 0.05) is 27.3 Å². The number of carbonyl (C=O) groups is 1. The molecule has 0 aliphatic rings. The third kappa shape index (κ3) is 4.26. The maximum absolute atomic E-state index is 12.6. The van der Waals surface area contributed by atoms with E-state index in [-0.39, 0.29) is 10.5 Å². The maximum atomic E-state index is 12.6. The lowest BCUT2D eigenvalue weighted by Crippen LogP contribution is -2.29. The normalized spacial score (nSPS) is 11.8. The quantitative estimate of drug-likeness (QED) is 0.737. The van der Waals surface area contributed by atoms with Crippen molar-refractivity contribution in [2.75, 3.05) is 27.3 Å². The van der Waals surface area contributed by atoms with Crippen LogP contribution in [0.3, 0.4) is 0 Å². The molecule has 0 atom stereocenters. The number of ether oxygens (including phenoxy) is 1. The SMILES string of the molecule is CCc1ccc(C(=O)O)cc1S(=O)(=O)N(C)CCCOC. The number of carboxylic acid groups (broad SMARTS) is 1. The zero-order chi connectivity index (χ0) is 16.0. The van der Waals surface area contributed by atoms with Crippen molar-refractivity contribution in [3.8, 4) is 0 Å². The maximum Gasteiger partial charge on any atom is 0.335 e. The first-order chi connectivity index (χ1) is 9.84. The lowest BCUT2D eigenvalue weighted by Gasteiger charge is -2.19. The Balaban J connectivity index is 3.16. The van der Waals surface area contributed by atoms with Crippen molar-refractivity contribution in [1.29, 1.82) is 0 Å². The fourth-order valence-corrected chi connectivity index (χ4v) is 3.46. The number of hydrogen-bond donors (Lipinski definition) is 1. The van der Waals surface area contributed by atoms with Crippen molar-refractivity contribution in [2.24, 2.45) is 0 Å². The molecule has 0 fully saturated rings. The highest BCUT2D eigenvalue weighted by molar-refractivity contribution is 7.89. The second-order valence-electron chi connectivity index (χ2n) is 4.65. The highest BCUT2D eigenvalue weighted by Crippen LogP contribution is 2.22. The summed E-state index contributed by atoms with van der Waals surface area (Å²) >= 11 is 0. The van der Waals surface area contributed by atoms with E-state index in [0.29, 0.717) is 31.6 Å². The predicted molar refractivity (Wildman–Crippen MR) is 79.1 cm³/mol. The summed E-state index contributed by atoms with van der Waals surface area (Å²) in [5.74, 6) is -1.14. The summed E-state index contributed by atoms with van der Waals surface area (Å²) in [7, 11) is -0.664. The predicted octanol–water partition coefficient (Wildman–Crippen LogP) is 1.60. The molecule has 0 unspecified atom stereocenters. The molecule has 21 heavy (non-hydrogen) atoms. The van der Waals surface area contributed by atoms with Gasteiger partial charge in [0.25, 0.3) is 0 Å². The van der Waals surface area contributed by atoms with Crippen LogP contribution < -0.4 is 0 Å². The van der Waals surface area contributed by atoms with E-state index in [1.165, 1.54) is 23.5 Å². The molecule has 0 aliphatic carbocycles. The minimum atomic E-state index is -3.70. The van der Waals surface area contributed by atoms with Gasteiger partial charge in [-0.05, 0) is 30.5 Å². The lowest BCUT2D eigenvalue weighted by atomic mass is 10.1. The van der Waals surface area contributed by atoms with Crippen LogP contribution in [0.2, 0.25) is 0 Å². The fraction of sp³-hybridized carbons (Fsp3) is 0.500. The second-order valence-corrected chi connectivity index (χ2v) is 6.67. The molecule has 0 aromatic heterocycles. The summed E-state index contributed by atoms with van der Waals surface area (Å²) in [6.45, 7) is 2.62. The first-order valence-corrected chi connectivity index (χ1v) is 8.10. The molecule has 1 aromatic carbocycles. The van der Waals surface area contributed by atoms with Crippen molar-refractivity contribution in [3.63, 3.8) is 0 Å². The van der Waals surface area contributed by atoms with Crippen LogP contribution in [0, 0.1) is 0 Å². The largest absolute Gasteiger partial charge is 0.478 e. The number of carboxylic acids is 1. The molecule has 7 heteroatoms. The topological polar surface area (TPSA) is 83.9 Å². The van der Waals surface area contributed by atoms with Gasteiger partial charge < -0.3 is 9.84 Å². The van der Waals surface area contributed by atoms with E-state index < -0.39 is 16.0 Å². The van der Waals surface area contributed by atoms with E-state index in [4.69, 9.17) is 9.84 Å². The number of hydrogen-bond acceptors (Lipinski definition) is 4. The number of rotatable bonds is 8. The smallest absolute Gasteiger partial charge is 0.335 e. The van der Waals surface area contributed by atoms with Crippen molar-refractivity contribution >= 4 is 16.0 Å². The fourth-order valence-electron chi connectivity index (χ4n) is 1.94. The Morgan fingerprint density at radius 1 is 1.38 bits per heavy atom. The van der Waals surface area contributed by atoms with Gasteiger partial charge in [0.2, 0.25) is 10.0 Å². The zero-order valence-electron chi connectivity index (χ0n) is 12.5. The highest BCUT2D eigenvalue weighted by atomic mass is 32.2. The average molecular weight is 315 g/mol. The molecule has 0 saturated heterocycles. The van der Waals surface area contributed by atoms with Crippen molar-refractivity contribution in [1.82, 2.24) is 4.31 Å². The van der Waals surface area contributed by atoms with Crippen LogP contribution in [0.4, 0.5) is 0 Å². The standard InChI is InChI=1S/C14H21NO5S/c1-4-11-6-7-12(14(16)17)10-13(11)21(18,19)15(2)8-5-9-20-3/h6-7,10H,4-5,8-9H2,1-3H3,(H,16,17). The van der Waals surface area contributed by atoms with Crippen LogP contribution >= 0.6 is 0 Å². The molecule has 6 nitrogen and oxygen atoms in total. The number of benzene rings is 1. The van der Waals surface area contributed by atoms with Crippen LogP contribution in [-0.2, 0) is 21.2 Å². The summed E-state index contributed by atoms with van der Waals surface area (Å²) in [6.07, 6.45) is 1.09. The Morgan fingerprint density at radius 3 is 2.57 bits per heavy atom. The molecular formula is C14H21NO5S. The van der Waals surface area contributed by atoms with Gasteiger partial charge in [-0.2, -0.15) is 0 Å². The summed E-state index contributed by atoms with van der Waals surface area (Å²) in [4.78, 5) is 11.1. The first kappa shape index (κ1) is 17.6.